The SMILES string of the molecule is CC(C)c1ccc(OC(CCSCc2n[nH]c(=O)[nH]2)C(C)C)cc1. The minimum absolute atomic E-state index is 0.181. The fourth-order valence-corrected chi connectivity index (χ4v) is 3.25. The average Bonchev–Trinajstić information content (AvgIpc) is 2.96. The van der Waals surface area contributed by atoms with Crippen molar-refractivity contribution in [2.24, 2.45) is 5.92 Å². The molecule has 0 aliphatic carbocycles. The molecule has 0 spiro atoms. The Hall–Kier alpha value is -1.69. The number of H-pyrrole nitrogens is 2. The summed E-state index contributed by atoms with van der Waals surface area (Å²) in [5.41, 5.74) is 1.07. The zero-order valence-electron chi connectivity index (χ0n) is 14.8. The lowest BCUT2D eigenvalue weighted by atomic mass is 10.0. The molecule has 2 rings (SSSR count). The molecule has 5 nitrogen and oxygen atoms in total. The summed E-state index contributed by atoms with van der Waals surface area (Å²) < 4.78 is 6.17. The predicted octanol–water partition coefficient (Wildman–Crippen LogP) is 3.95. The van der Waals surface area contributed by atoms with E-state index in [9.17, 15) is 4.79 Å². The minimum Gasteiger partial charge on any atom is -0.490 e. The molecule has 0 fully saturated rings. The smallest absolute Gasteiger partial charge is 0.340 e. The third-order valence-electron chi connectivity index (χ3n) is 3.91. The highest BCUT2D eigenvalue weighted by Crippen LogP contribution is 2.23. The predicted molar refractivity (Wildman–Crippen MR) is 99.8 cm³/mol. The van der Waals surface area contributed by atoms with Crippen LogP contribution in [0.25, 0.3) is 0 Å². The van der Waals surface area contributed by atoms with Crippen LogP contribution in [0.4, 0.5) is 0 Å². The first kappa shape index (κ1) is 18.6. The first-order valence-corrected chi connectivity index (χ1v) is 9.59. The van der Waals surface area contributed by atoms with E-state index in [1.807, 2.05) is 0 Å². The number of rotatable bonds is 9. The Bertz CT molecular complexity index is 661. The van der Waals surface area contributed by atoms with E-state index in [2.05, 4.69) is 67.1 Å². The molecule has 0 amide bonds. The van der Waals surface area contributed by atoms with Crippen LogP contribution in [0.15, 0.2) is 29.1 Å². The molecule has 1 aromatic heterocycles. The van der Waals surface area contributed by atoms with Crippen LogP contribution in [0.1, 0.15) is 51.4 Å². The summed E-state index contributed by atoms with van der Waals surface area (Å²) in [5, 5.41) is 6.29. The quantitative estimate of drug-likeness (QED) is 0.673. The van der Waals surface area contributed by atoms with Crippen molar-refractivity contribution in [2.75, 3.05) is 5.75 Å². The van der Waals surface area contributed by atoms with Crippen LogP contribution in [0, 0.1) is 5.92 Å². The van der Waals surface area contributed by atoms with Gasteiger partial charge in [0.05, 0.1) is 5.75 Å². The van der Waals surface area contributed by atoms with Crippen LogP contribution >= 0.6 is 11.8 Å². The van der Waals surface area contributed by atoms with Crippen LogP contribution in [0.5, 0.6) is 5.75 Å². The van der Waals surface area contributed by atoms with E-state index < -0.39 is 0 Å². The molecule has 1 atom stereocenters. The summed E-state index contributed by atoms with van der Waals surface area (Å²) in [6.45, 7) is 8.75. The van der Waals surface area contributed by atoms with Gasteiger partial charge in [-0.3, -0.25) is 4.98 Å². The van der Waals surface area contributed by atoms with E-state index in [4.69, 9.17) is 4.74 Å². The van der Waals surface area contributed by atoms with Gasteiger partial charge in [0.15, 0.2) is 0 Å². The van der Waals surface area contributed by atoms with E-state index >= 15 is 0 Å². The first-order valence-electron chi connectivity index (χ1n) is 8.43. The Morgan fingerprint density at radius 1 is 1.17 bits per heavy atom. The number of aromatic amines is 2. The van der Waals surface area contributed by atoms with Crippen molar-refractivity contribution in [3.63, 3.8) is 0 Å². The molecule has 6 heteroatoms. The van der Waals surface area contributed by atoms with Gasteiger partial charge in [-0.1, -0.05) is 39.8 Å². The van der Waals surface area contributed by atoms with Crippen LogP contribution in [0.2, 0.25) is 0 Å². The van der Waals surface area contributed by atoms with Gasteiger partial charge in [0.25, 0.3) is 0 Å². The van der Waals surface area contributed by atoms with Crippen molar-refractivity contribution in [3.8, 4) is 5.75 Å². The summed E-state index contributed by atoms with van der Waals surface area (Å²) in [4.78, 5) is 13.7. The molecule has 1 unspecified atom stereocenters. The number of nitrogens with zero attached hydrogens (tertiary/aromatic N) is 1. The largest absolute Gasteiger partial charge is 0.490 e. The molecule has 0 aliphatic heterocycles. The van der Waals surface area contributed by atoms with Gasteiger partial charge in [0, 0.05) is 0 Å². The van der Waals surface area contributed by atoms with Crippen LogP contribution in [0.3, 0.4) is 0 Å². The number of nitrogens with one attached hydrogen (secondary N) is 2. The molecule has 1 heterocycles. The normalized spacial score (nSPS) is 12.8. The molecule has 2 aromatic rings. The zero-order valence-corrected chi connectivity index (χ0v) is 15.7. The van der Waals surface area contributed by atoms with Gasteiger partial charge in [0.1, 0.15) is 17.7 Å². The maximum absolute atomic E-state index is 11.0. The van der Waals surface area contributed by atoms with E-state index in [-0.39, 0.29) is 11.8 Å². The second-order valence-corrected chi connectivity index (χ2v) is 7.69. The van der Waals surface area contributed by atoms with Crippen molar-refractivity contribution in [3.05, 3.63) is 46.1 Å². The second kappa shape index (κ2) is 8.97. The lowest BCUT2D eigenvalue weighted by Crippen LogP contribution is -2.24. The lowest BCUT2D eigenvalue weighted by molar-refractivity contribution is 0.148. The first-order chi connectivity index (χ1) is 11.5. The van der Waals surface area contributed by atoms with Crippen molar-refractivity contribution in [1.29, 1.82) is 0 Å². The minimum atomic E-state index is -0.251. The third-order valence-corrected chi connectivity index (χ3v) is 4.92. The van der Waals surface area contributed by atoms with E-state index in [1.54, 1.807) is 11.8 Å². The molecule has 0 saturated heterocycles. The Balaban J connectivity index is 1.81. The number of thioether (sulfide) groups is 1. The summed E-state index contributed by atoms with van der Waals surface area (Å²) in [7, 11) is 0. The molecule has 0 radical (unpaired) electrons. The Kier molecular flexibility index (Phi) is 6.97. The van der Waals surface area contributed by atoms with Crippen LogP contribution in [-0.2, 0) is 5.75 Å². The molecular formula is C18H27N3O2S. The molecular weight excluding hydrogens is 322 g/mol. The van der Waals surface area contributed by atoms with Gasteiger partial charge < -0.3 is 4.74 Å². The standard InChI is InChI=1S/C18H27N3O2S/c1-12(2)14-5-7-15(8-6-14)23-16(13(3)4)9-10-24-11-17-19-18(22)21-20-17/h5-8,12-13,16H,9-11H2,1-4H3,(H2,19,20,21,22). The van der Waals surface area contributed by atoms with E-state index in [0.717, 1.165) is 17.9 Å². The highest BCUT2D eigenvalue weighted by atomic mass is 32.2. The molecule has 0 saturated carbocycles. The number of hydrogen-bond acceptors (Lipinski definition) is 4. The van der Waals surface area contributed by atoms with Gasteiger partial charge in [0.2, 0.25) is 0 Å². The van der Waals surface area contributed by atoms with Gasteiger partial charge in [-0.25, -0.2) is 9.89 Å². The van der Waals surface area contributed by atoms with Gasteiger partial charge >= 0.3 is 5.69 Å². The average molecular weight is 350 g/mol. The number of hydrogen-bond donors (Lipinski definition) is 2. The number of ether oxygens (including phenoxy) is 1. The van der Waals surface area contributed by atoms with E-state index in [1.165, 1.54) is 5.56 Å². The molecule has 2 N–H and O–H groups in total. The van der Waals surface area contributed by atoms with E-state index in [0.29, 0.717) is 23.4 Å². The maximum Gasteiger partial charge on any atom is 0.340 e. The monoisotopic (exact) mass is 349 g/mol. The summed E-state index contributed by atoms with van der Waals surface area (Å²) in [6.07, 6.45) is 1.14. The van der Waals surface area contributed by atoms with Crippen molar-refractivity contribution in [1.82, 2.24) is 15.2 Å². The third kappa shape index (κ3) is 5.74. The van der Waals surface area contributed by atoms with Gasteiger partial charge in [-0.2, -0.15) is 16.9 Å². The topological polar surface area (TPSA) is 70.8 Å². The maximum atomic E-state index is 11.0. The Morgan fingerprint density at radius 2 is 1.88 bits per heavy atom. The van der Waals surface area contributed by atoms with Gasteiger partial charge in [-0.15, -0.1) is 0 Å². The fourth-order valence-electron chi connectivity index (χ4n) is 2.38. The van der Waals surface area contributed by atoms with Crippen molar-refractivity contribution in [2.45, 2.75) is 51.9 Å². The highest BCUT2D eigenvalue weighted by molar-refractivity contribution is 7.98. The summed E-state index contributed by atoms with van der Waals surface area (Å²) in [6, 6.07) is 8.40. The van der Waals surface area contributed by atoms with Crippen molar-refractivity contribution < 1.29 is 4.74 Å². The Labute approximate surface area is 147 Å². The number of benzene rings is 1. The Morgan fingerprint density at radius 3 is 2.42 bits per heavy atom. The van der Waals surface area contributed by atoms with Crippen molar-refractivity contribution >= 4 is 11.8 Å². The molecule has 0 bridgehead atoms. The zero-order chi connectivity index (χ0) is 17.5. The lowest BCUT2D eigenvalue weighted by Gasteiger charge is -2.23. The van der Waals surface area contributed by atoms with Crippen LogP contribution in [-0.4, -0.2) is 27.0 Å². The highest BCUT2D eigenvalue weighted by Gasteiger charge is 2.15. The molecule has 24 heavy (non-hydrogen) atoms. The molecule has 0 aliphatic rings. The molecule has 1 aromatic carbocycles. The second-order valence-electron chi connectivity index (χ2n) is 6.59. The summed E-state index contributed by atoms with van der Waals surface area (Å²) in [5.74, 6) is 4.26. The molecule has 132 valence electrons. The fraction of sp³-hybridized carbons (Fsp3) is 0.556. The van der Waals surface area contributed by atoms with Crippen LogP contribution < -0.4 is 10.4 Å². The summed E-state index contributed by atoms with van der Waals surface area (Å²) >= 11 is 1.75. The number of aromatic nitrogens is 3. The van der Waals surface area contributed by atoms with Gasteiger partial charge in [-0.05, 0) is 41.7 Å².